The summed E-state index contributed by atoms with van der Waals surface area (Å²) in [5, 5.41) is 12.7. The number of esters is 1. The van der Waals surface area contributed by atoms with Gasteiger partial charge in [-0.2, -0.15) is 5.26 Å². The zero-order valence-corrected chi connectivity index (χ0v) is 19.0. The molecular weight excluding hydrogens is 402 g/mol. The number of nitriles is 1. The van der Waals surface area contributed by atoms with E-state index in [0.717, 1.165) is 30.8 Å². The fourth-order valence-electron chi connectivity index (χ4n) is 4.74. The smallest absolute Gasteiger partial charge is 0.306 e. The lowest BCUT2D eigenvalue weighted by atomic mass is 9.89. The molecule has 168 valence electrons. The lowest BCUT2D eigenvalue weighted by Crippen LogP contribution is -2.57. The Hall–Kier alpha value is -3.04. The number of benzene rings is 2. The maximum atomic E-state index is 12.2. The normalized spacial score (nSPS) is 23.8. The van der Waals surface area contributed by atoms with E-state index in [9.17, 15) is 4.79 Å². The summed E-state index contributed by atoms with van der Waals surface area (Å²) in [6.45, 7) is 4.92. The zero-order valence-electron chi connectivity index (χ0n) is 19.0. The van der Waals surface area contributed by atoms with E-state index in [1.807, 2.05) is 24.3 Å². The van der Waals surface area contributed by atoms with Crippen molar-refractivity contribution in [3.8, 4) is 6.07 Å². The van der Waals surface area contributed by atoms with Crippen molar-refractivity contribution in [1.82, 2.24) is 0 Å². The largest absolute Gasteiger partial charge is 0.469 e. The Kier molecular flexibility index (Phi) is 6.66. The number of nitrogens with zero attached hydrogens (tertiary/aromatic N) is 2. The van der Waals surface area contributed by atoms with Crippen molar-refractivity contribution < 1.29 is 14.3 Å². The first kappa shape index (κ1) is 22.2. The fraction of sp³-hybridized carbons (Fsp3) is 0.462. The third kappa shape index (κ3) is 4.89. The molecule has 1 N–H and O–H groups in total. The molecule has 2 aromatic rings. The Balaban J connectivity index is 1.67. The number of morpholine rings is 1. The van der Waals surface area contributed by atoms with Gasteiger partial charge in [-0.1, -0.05) is 18.2 Å². The van der Waals surface area contributed by atoms with Gasteiger partial charge in [-0.05, 0) is 74.4 Å². The van der Waals surface area contributed by atoms with Crippen molar-refractivity contribution in [3.05, 3.63) is 59.7 Å². The number of carbonyl (C=O) groups is 1. The standard InChI is InChI=1S/C26H31N3O3/c1-17-16-29(26(18(2)32-17)28-21-12-8-19(15-27)9-13-21)24-7-5-4-6-22(24)23(20-10-11-20)14-25(30)31-3/h4-9,12-13,17-18,20,23,26,28H,10-11,14,16H2,1-3H3/t17-,18+,23?,26?/m0/s1. The number of rotatable bonds is 7. The molecular formula is C26H31N3O3. The second kappa shape index (κ2) is 9.62. The Morgan fingerprint density at radius 2 is 1.94 bits per heavy atom. The molecule has 0 aromatic heterocycles. The quantitative estimate of drug-likeness (QED) is 0.640. The van der Waals surface area contributed by atoms with E-state index in [-0.39, 0.29) is 30.3 Å². The number of para-hydroxylation sites is 1. The fourth-order valence-corrected chi connectivity index (χ4v) is 4.74. The van der Waals surface area contributed by atoms with Crippen molar-refractivity contribution in [2.24, 2.45) is 5.92 Å². The maximum absolute atomic E-state index is 12.2. The predicted molar refractivity (Wildman–Crippen MR) is 124 cm³/mol. The minimum atomic E-state index is -0.160. The van der Waals surface area contributed by atoms with Crippen LogP contribution in [0.4, 0.5) is 11.4 Å². The van der Waals surface area contributed by atoms with Gasteiger partial charge in [0.05, 0.1) is 37.4 Å². The van der Waals surface area contributed by atoms with Crippen LogP contribution < -0.4 is 10.2 Å². The van der Waals surface area contributed by atoms with Gasteiger partial charge in [0.1, 0.15) is 6.17 Å². The highest BCUT2D eigenvalue weighted by molar-refractivity contribution is 5.72. The summed E-state index contributed by atoms with van der Waals surface area (Å²) in [5.41, 5.74) is 3.92. The van der Waals surface area contributed by atoms with E-state index in [0.29, 0.717) is 17.9 Å². The third-order valence-electron chi connectivity index (χ3n) is 6.46. The summed E-state index contributed by atoms with van der Waals surface area (Å²) in [4.78, 5) is 14.6. The van der Waals surface area contributed by atoms with Gasteiger partial charge >= 0.3 is 5.97 Å². The number of hydrogen-bond donors (Lipinski definition) is 1. The molecule has 2 aromatic carbocycles. The summed E-state index contributed by atoms with van der Waals surface area (Å²) >= 11 is 0. The molecule has 0 bridgehead atoms. The lowest BCUT2D eigenvalue weighted by Gasteiger charge is -2.45. The second-order valence-electron chi connectivity index (χ2n) is 8.87. The molecule has 1 saturated carbocycles. The van der Waals surface area contributed by atoms with Gasteiger partial charge in [-0.15, -0.1) is 0 Å². The van der Waals surface area contributed by atoms with Gasteiger partial charge in [-0.25, -0.2) is 0 Å². The van der Waals surface area contributed by atoms with E-state index in [1.54, 1.807) is 0 Å². The molecule has 32 heavy (non-hydrogen) atoms. The SMILES string of the molecule is COC(=O)CC(c1ccccc1N1C[C@H](C)O[C@H](C)C1Nc1ccc(C#N)cc1)C1CC1. The van der Waals surface area contributed by atoms with E-state index < -0.39 is 0 Å². The topological polar surface area (TPSA) is 74.6 Å². The summed E-state index contributed by atoms with van der Waals surface area (Å²) < 4.78 is 11.2. The molecule has 2 aliphatic rings. The summed E-state index contributed by atoms with van der Waals surface area (Å²) in [6, 6.07) is 18.1. The number of anilines is 2. The van der Waals surface area contributed by atoms with Crippen LogP contribution in [-0.2, 0) is 14.3 Å². The Labute approximate surface area is 190 Å². The van der Waals surface area contributed by atoms with Crippen molar-refractivity contribution in [2.75, 3.05) is 23.9 Å². The monoisotopic (exact) mass is 433 g/mol. The minimum absolute atomic E-state index is 0.0533. The molecule has 6 nitrogen and oxygen atoms in total. The molecule has 1 aliphatic carbocycles. The molecule has 1 saturated heterocycles. The molecule has 0 spiro atoms. The Morgan fingerprint density at radius 1 is 1.22 bits per heavy atom. The molecule has 6 heteroatoms. The molecule has 2 fully saturated rings. The molecule has 4 rings (SSSR count). The first-order valence-electron chi connectivity index (χ1n) is 11.3. The number of nitrogens with one attached hydrogen (secondary N) is 1. The first-order chi connectivity index (χ1) is 15.5. The number of hydrogen-bond acceptors (Lipinski definition) is 6. The number of carbonyl (C=O) groups excluding carboxylic acids is 1. The lowest BCUT2D eigenvalue weighted by molar-refractivity contribution is -0.141. The van der Waals surface area contributed by atoms with Crippen LogP contribution in [-0.4, -0.2) is 38.0 Å². The van der Waals surface area contributed by atoms with Crippen LogP contribution in [0.3, 0.4) is 0 Å². The van der Waals surface area contributed by atoms with Crippen LogP contribution in [0.2, 0.25) is 0 Å². The van der Waals surface area contributed by atoms with E-state index in [1.165, 1.54) is 12.7 Å². The number of methoxy groups -OCH3 is 1. The molecule has 0 radical (unpaired) electrons. The third-order valence-corrected chi connectivity index (χ3v) is 6.46. The van der Waals surface area contributed by atoms with Crippen molar-refractivity contribution >= 4 is 17.3 Å². The highest BCUT2D eigenvalue weighted by Crippen LogP contribution is 2.47. The van der Waals surface area contributed by atoms with Gasteiger partial charge in [0.15, 0.2) is 0 Å². The van der Waals surface area contributed by atoms with Crippen LogP contribution in [0.25, 0.3) is 0 Å². The molecule has 1 heterocycles. The highest BCUT2D eigenvalue weighted by atomic mass is 16.5. The molecule has 2 unspecified atom stereocenters. The molecule has 0 amide bonds. The highest BCUT2D eigenvalue weighted by Gasteiger charge is 2.39. The van der Waals surface area contributed by atoms with Crippen molar-refractivity contribution in [3.63, 3.8) is 0 Å². The van der Waals surface area contributed by atoms with Crippen LogP contribution in [0.15, 0.2) is 48.5 Å². The average molecular weight is 434 g/mol. The minimum Gasteiger partial charge on any atom is -0.469 e. The zero-order chi connectivity index (χ0) is 22.7. The van der Waals surface area contributed by atoms with Crippen LogP contribution in [0.5, 0.6) is 0 Å². The Morgan fingerprint density at radius 3 is 2.59 bits per heavy atom. The molecule has 4 atom stereocenters. The van der Waals surface area contributed by atoms with Gasteiger partial charge in [-0.3, -0.25) is 4.79 Å². The molecule has 1 aliphatic heterocycles. The van der Waals surface area contributed by atoms with Crippen molar-refractivity contribution in [2.45, 2.75) is 57.4 Å². The first-order valence-corrected chi connectivity index (χ1v) is 11.3. The van der Waals surface area contributed by atoms with Gasteiger partial charge in [0, 0.05) is 17.9 Å². The average Bonchev–Trinajstić information content (AvgIpc) is 3.64. The second-order valence-corrected chi connectivity index (χ2v) is 8.87. The van der Waals surface area contributed by atoms with Crippen LogP contribution >= 0.6 is 0 Å². The van der Waals surface area contributed by atoms with E-state index >= 15 is 0 Å². The van der Waals surface area contributed by atoms with Gasteiger partial charge in [0.25, 0.3) is 0 Å². The predicted octanol–water partition coefficient (Wildman–Crippen LogP) is 4.67. The number of ether oxygens (including phenoxy) is 2. The van der Waals surface area contributed by atoms with Gasteiger partial charge < -0.3 is 19.7 Å². The summed E-state index contributed by atoms with van der Waals surface area (Å²) in [5.74, 6) is 0.520. The Bertz CT molecular complexity index is 981. The summed E-state index contributed by atoms with van der Waals surface area (Å²) in [6.07, 6.45) is 2.65. The summed E-state index contributed by atoms with van der Waals surface area (Å²) in [7, 11) is 1.46. The van der Waals surface area contributed by atoms with Gasteiger partial charge in [0.2, 0.25) is 0 Å². The van der Waals surface area contributed by atoms with E-state index in [4.69, 9.17) is 14.7 Å². The van der Waals surface area contributed by atoms with E-state index in [2.05, 4.69) is 54.4 Å². The maximum Gasteiger partial charge on any atom is 0.306 e. The van der Waals surface area contributed by atoms with Crippen LogP contribution in [0.1, 0.15) is 50.2 Å². The van der Waals surface area contributed by atoms with Crippen LogP contribution in [0, 0.1) is 17.2 Å². The van der Waals surface area contributed by atoms with Crippen molar-refractivity contribution in [1.29, 1.82) is 5.26 Å².